The molecule has 0 saturated heterocycles. The Balaban J connectivity index is 1.63. The van der Waals surface area contributed by atoms with Crippen LogP contribution in [0.5, 0.6) is 0 Å². The fraction of sp³-hybridized carbons (Fsp3) is 0.382. The number of carbonyl (C=O) groups is 3. The summed E-state index contributed by atoms with van der Waals surface area (Å²) in [4.78, 5) is 37.8. The Morgan fingerprint density at radius 2 is 1.24 bits per heavy atom. The van der Waals surface area contributed by atoms with Crippen LogP contribution in [-0.4, -0.2) is 41.9 Å². The second-order valence-electron chi connectivity index (χ2n) is 10.4. The van der Waals surface area contributed by atoms with Gasteiger partial charge >= 0.3 is 18.0 Å². The van der Waals surface area contributed by atoms with Crippen molar-refractivity contribution in [2.75, 3.05) is 13.2 Å². The zero-order valence-corrected chi connectivity index (χ0v) is 23.8. The number of aliphatic hydroxyl groups is 1. The standard InChI is InChI=1S/C34H41NO6/c1-2-3-4-5-6-9-14-27-19-21-28(22-20-27)23-24-34(25-36,26-40-31(37)29-15-10-7-11-16-29)35-33(39)41-32(38)30-17-12-8-13-18-30/h7-8,10-13,15-22,36H,2-6,9,14,23-26H2,1H3,(H,35,39). The van der Waals surface area contributed by atoms with Gasteiger partial charge in [0.15, 0.2) is 0 Å². The van der Waals surface area contributed by atoms with Crippen molar-refractivity contribution in [3.63, 3.8) is 0 Å². The van der Waals surface area contributed by atoms with Crippen molar-refractivity contribution in [2.24, 2.45) is 0 Å². The Labute approximate surface area is 242 Å². The van der Waals surface area contributed by atoms with Gasteiger partial charge in [0.25, 0.3) is 0 Å². The maximum absolute atomic E-state index is 12.7. The molecular weight excluding hydrogens is 518 g/mol. The third kappa shape index (κ3) is 10.8. The highest BCUT2D eigenvalue weighted by Gasteiger charge is 2.34. The number of aliphatic hydroxyl groups excluding tert-OH is 1. The molecule has 0 radical (unpaired) electrons. The summed E-state index contributed by atoms with van der Waals surface area (Å²) in [5, 5.41) is 13.0. The average Bonchev–Trinajstić information content (AvgIpc) is 3.01. The summed E-state index contributed by atoms with van der Waals surface area (Å²) in [7, 11) is 0. The lowest BCUT2D eigenvalue weighted by Crippen LogP contribution is -2.55. The number of benzene rings is 3. The lowest BCUT2D eigenvalue weighted by atomic mass is 9.92. The number of hydrogen-bond acceptors (Lipinski definition) is 6. The van der Waals surface area contributed by atoms with Crippen LogP contribution < -0.4 is 5.32 Å². The summed E-state index contributed by atoms with van der Waals surface area (Å²) in [6.07, 6.45) is 8.26. The molecule has 0 aliphatic carbocycles. The van der Waals surface area contributed by atoms with Gasteiger partial charge in [-0.3, -0.25) is 0 Å². The predicted molar refractivity (Wildman–Crippen MR) is 159 cm³/mol. The predicted octanol–water partition coefficient (Wildman–Crippen LogP) is 6.68. The minimum atomic E-state index is -1.37. The first-order valence-corrected chi connectivity index (χ1v) is 14.4. The van der Waals surface area contributed by atoms with Gasteiger partial charge in [-0.15, -0.1) is 0 Å². The van der Waals surface area contributed by atoms with E-state index in [1.54, 1.807) is 48.5 Å². The highest BCUT2D eigenvalue weighted by molar-refractivity contribution is 5.96. The normalized spacial score (nSPS) is 12.2. The van der Waals surface area contributed by atoms with Crippen LogP contribution >= 0.6 is 0 Å². The smallest absolute Gasteiger partial charge is 0.415 e. The van der Waals surface area contributed by atoms with Gasteiger partial charge in [-0.1, -0.05) is 99.7 Å². The van der Waals surface area contributed by atoms with Gasteiger partial charge < -0.3 is 19.9 Å². The monoisotopic (exact) mass is 559 g/mol. The third-order valence-corrected chi connectivity index (χ3v) is 7.09. The van der Waals surface area contributed by atoms with Crippen molar-refractivity contribution >= 4 is 18.0 Å². The van der Waals surface area contributed by atoms with Crippen molar-refractivity contribution in [3.05, 3.63) is 107 Å². The molecule has 0 heterocycles. The zero-order valence-electron chi connectivity index (χ0n) is 23.8. The molecule has 3 rings (SSSR count). The Hall–Kier alpha value is -3.97. The SMILES string of the molecule is CCCCCCCCc1ccc(CCC(CO)(COC(=O)c2ccccc2)NC(=O)OC(=O)c2ccccc2)cc1. The molecule has 218 valence electrons. The van der Waals surface area contributed by atoms with Crippen molar-refractivity contribution in [3.8, 4) is 0 Å². The fourth-order valence-corrected chi connectivity index (χ4v) is 4.52. The van der Waals surface area contributed by atoms with Crippen molar-refractivity contribution in [1.82, 2.24) is 5.32 Å². The van der Waals surface area contributed by atoms with E-state index in [-0.39, 0.29) is 18.6 Å². The molecule has 0 aliphatic heterocycles. The van der Waals surface area contributed by atoms with Gasteiger partial charge in [-0.2, -0.15) is 0 Å². The Bertz CT molecular complexity index is 1210. The van der Waals surface area contributed by atoms with Gasteiger partial charge in [0.05, 0.1) is 17.7 Å². The molecule has 0 aliphatic rings. The molecule has 0 fully saturated rings. The molecule has 7 heteroatoms. The summed E-state index contributed by atoms with van der Waals surface area (Å²) in [6, 6.07) is 24.9. The van der Waals surface area contributed by atoms with Crippen molar-refractivity contribution in [1.29, 1.82) is 0 Å². The van der Waals surface area contributed by atoms with Crippen LogP contribution in [0.25, 0.3) is 0 Å². The molecule has 1 atom stereocenters. The number of ether oxygens (including phenoxy) is 2. The van der Waals surface area contributed by atoms with E-state index < -0.39 is 30.2 Å². The summed E-state index contributed by atoms with van der Waals surface area (Å²) in [6.45, 7) is 1.39. The van der Waals surface area contributed by atoms with E-state index in [1.807, 2.05) is 12.1 Å². The second kappa shape index (κ2) is 17.0. The number of hydrogen-bond donors (Lipinski definition) is 2. The molecule has 1 amide bonds. The molecule has 0 aromatic heterocycles. The summed E-state index contributed by atoms with van der Waals surface area (Å²) >= 11 is 0. The topological polar surface area (TPSA) is 102 Å². The van der Waals surface area contributed by atoms with E-state index in [9.17, 15) is 19.5 Å². The second-order valence-corrected chi connectivity index (χ2v) is 10.4. The largest absolute Gasteiger partial charge is 0.460 e. The first kappa shape index (κ1) is 31.6. The Kier molecular flexibility index (Phi) is 13.1. The highest BCUT2D eigenvalue weighted by atomic mass is 16.6. The lowest BCUT2D eigenvalue weighted by molar-refractivity contribution is 0.0213. The zero-order chi connectivity index (χ0) is 29.3. The molecular formula is C34H41NO6. The number of amides is 1. The molecule has 0 bridgehead atoms. The van der Waals surface area contributed by atoms with E-state index in [2.05, 4.69) is 24.4 Å². The summed E-state index contributed by atoms with van der Waals surface area (Å²) < 4.78 is 10.5. The van der Waals surface area contributed by atoms with Crippen LogP contribution in [0.15, 0.2) is 84.9 Å². The quantitative estimate of drug-likeness (QED) is 0.115. The number of aryl methyl sites for hydroxylation is 2. The molecule has 41 heavy (non-hydrogen) atoms. The van der Waals surface area contributed by atoms with Gasteiger partial charge in [-0.25, -0.2) is 14.4 Å². The number of nitrogens with one attached hydrogen (secondary N) is 1. The maximum atomic E-state index is 12.7. The Morgan fingerprint density at radius 3 is 1.83 bits per heavy atom. The molecule has 3 aromatic rings. The molecule has 2 N–H and O–H groups in total. The van der Waals surface area contributed by atoms with Gasteiger partial charge in [0.2, 0.25) is 0 Å². The number of unbranched alkanes of at least 4 members (excludes halogenated alkanes) is 5. The van der Waals surface area contributed by atoms with E-state index in [4.69, 9.17) is 9.47 Å². The van der Waals surface area contributed by atoms with Crippen molar-refractivity contribution < 1.29 is 29.0 Å². The van der Waals surface area contributed by atoms with Crippen LogP contribution in [0.3, 0.4) is 0 Å². The van der Waals surface area contributed by atoms with E-state index in [0.717, 1.165) is 18.4 Å². The average molecular weight is 560 g/mol. The number of rotatable bonds is 16. The minimum Gasteiger partial charge on any atom is -0.460 e. The van der Waals surface area contributed by atoms with Crippen LogP contribution in [0.2, 0.25) is 0 Å². The molecule has 7 nitrogen and oxygen atoms in total. The first-order chi connectivity index (χ1) is 19.9. The van der Waals surface area contributed by atoms with Crippen LogP contribution in [0, 0.1) is 0 Å². The van der Waals surface area contributed by atoms with Crippen molar-refractivity contribution in [2.45, 2.75) is 70.3 Å². The van der Waals surface area contributed by atoms with Crippen LogP contribution in [0.1, 0.15) is 83.7 Å². The summed E-state index contributed by atoms with van der Waals surface area (Å²) in [5.74, 6) is -1.41. The number of carbonyl (C=O) groups excluding carboxylic acids is 3. The van der Waals surface area contributed by atoms with Gasteiger partial charge in [0.1, 0.15) is 12.1 Å². The van der Waals surface area contributed by atoms with Gasteiger partial charge in [0, 0.05) is 0 Å². The van der Waals surface area contributed by atoms with E-state index in [1.165, 1.54) is 49.8 Å². The van der Waals surface area contributed by atoms with E-state index in [0.29, 0.717) is 12.0 Å². The number of esters is 2. The number of alkyl carbamates (subject to hydrolysis) is 1. The molecule has 0 saturated carbocycles. The highest BCUT2D eigenvalue weighted by Crippen LogP contribution is 2.19. The fourth-order valence-electron chi connectivity index (χ4n) is 4.52. The minimum absolute atomic E-state index is 0.216. The van der Waals surface area contributed by atoms with Gasteiger partial charge in [-0.05, 0) is 61.1 Å². The van der Waals surface area contributed by atoms with Crippen LogP contribution in [0.4, 0.5) is 4.79 Å². The lowest BCUT2D eigenvalue weighted by Gasteiger charge is -2.32. The first-order valence-electron chi connectivity index (χ1n) is 14.4. The molecule has 3 aromatic carbocycles. The Morgan fingerprint density at radius 1 is 0.707 bits per heavy atom. The summed E-state index contributed by atoms with van der Waals surface area (Å²) in [5.41, 5.74) is 1.49. The molecule has 1 unspecified atom stereocenters. The molecule has 0 spiro atoms. The van der Waals surface area contributed by atoms with Crippen LogP contribution in [-0.2, 0) is 22.3 Å². The maximum Gasteiger partial charge on any atom is 0.415 e. The third-order valence-electron chi connectivity index (χ3n) is 7.09. The van der Waals surface area contributed by atoms with E-state index >= 15 is 0 Å².